The van der Waals surface area contributed by atoms with Crippen molar-refractivity contribution >= 4 is 12.1 Å². The molecule has 1 fully saturated rings. The van der Waals surface area contributed by atoms with Gasteiger partial charge in [0.15, 0.2) is 0 Å². The van der Waals surface area contributed by atoms with Crippen molar-refractivity contribution in [1.29, 1.82) is 0 Å². The maximum atomic E-state index is 11.9. The number of carbonyl (C=O) groups excluding carboxylic acids is 2. The largest absolute Gasteiger partial charge is 0.467 e. The fourth-order valence-corrected chi connectivity index (χ4v) is 2.29. The van der Waals surface area contributed by atoms with Gasteiger partial charge in [-0.3, -0.25) is 0 Å². The van der Waals surface area contributed by atoms with E-state index in [0.717, 1.165) is 18.4 Å². The molecule has 1 amide bonds. The summed E-state index contributed by atoms with van der Waals surface area (Å²) in [6, 6.07) is 9.39. The number of esters is 1. The predicted octanol–water partition coefficient (Wildman–Crippen LogP) is 2.64. The van der Waals surface area contributed by atoms with Crippen molar-refractivity contribution < 1.29 is 19.1 Å². The van der Waals surface area contributed by atoms with E-state index in [2.05, 4.69) is 5.32 Å². The van der Waals surface area contributed by atoms with Crippen molar-refractivity contribution in [2.75, 3.05) is 7.11 Å². The lowest BCUT2D eigenvalue weighted by atomic mass is 9.95. The van der Waals surface area contributed by atoms with Crippen LogP contribution in [0.3, 0.4) is 0 Å². The van der Waals surface area contributed by atoms with Gasteiger partial charge in [-0.15, -0.1) is 0 Å². The minimum Gasteiger partial charge on any atom is -0.467 e. The molecule has 0 aliphatic heterocycles. The Morgan fingerprint density at radius 3 is 2.52 bits per heavy atom. The van der Waals surface area contributed by atoms with Gasteiger partial charge in [0.1, 0.15) is 12.1 Å². The predicted molar refractivity (Wildman–Crippen MR) is 77.5 cm³/mol. The first-order valence-corrected chi connectivity index (χ1v) is 7.11. The molecule has 114 valence electrons. The zero-order chi connectivity index (χ0) is 15.3. The van der Waals surface area contributed by atoms with Gasteiger partial charge in [-0.2, -0.15) is 0 Å². The van der Waals surface area contributed by atoms with Crippen LogP contribution in [0.15, 0.2) is 30.3 Å². The Labute approximate surface area is 124 Å². The molecule has 1 N–H and O–H groups in total. The van der Waals surface area contributed by atoms with E-state index in [1.54, 1.807) is 6.92 Å². The lowest BCUT2D eigenvalue weighted by Crippen LogP contribution is -2.53. The van der Waals surface area contributed by atoms with Gasteiger partial charge in [-0.25, -0.2) is 9.59 Å². The zero-order valence-corrected chi connectivity index (χ0v) is 12.4. The van der Waals surface area contributed by atoms with Gasteiger partial charge in [0.05, 0.1) is 7.11 Å². The molecule has 0 bridgehead atoms. The fourth-order valence-electron chi connectivity index (χ4n) is 2.29. The summed E-state index contributed by atoms with van der Waals surface area (Å²) in [6.45, 7) is 1.86. The van der Waals surface area contributed by atoms with Crippen LogP contribution in [0.4, 0.5) is 4.79 Å². The molecule has 21 heavy (non-hydrogen) atoms. The Morgan fingerprint density at radius 1 is 1.29 bits per heavy atom. The first kappa shape index (κ1) is 15.4. The van der Waals surface area contributed by atoms with Crippen LogP contribution >= 0.6 is 0 Å². The molecule has 0 heterocycles. The summed E-state index contributed by atoms with van der Waals surface area (Å²) < 4.78 is 9.96. The first-order valence-electron chi connectivity index (χ1n) is 7.11. The summed E-state index contributed by atoms with van der Waals surface area (Å²) in [5, 5.41) is 2.65. The topological polar surface area (TPSA) is 64.6 Å². The number of benzene rings is 1. The fraction of sp³-hybridized carbons (Fsp3) is 0.500. The molecule has 5 nitrogen and oxygen atoms in total. The summed E-state index contributed by atoms with van der Waals surface area (Å²) >= 11 is 0. The van der Waals surface area contributed by atoms with Crippen LogP contribution < -0.4 is 5.32 Å². The van der Waals surface area contributed by atoms with Gasteiger partial charge in [-0.1, -0.05) is 43.2 Å². The molecule has 5 heteroatoms. The van der Waals surface area contributed by atoms with Crippen molar-refractivity contribution in [2.24, 2.45) is 5.92 Å². The summed E-state index contributed by atoms with van der Waals surface area (Å²) in [4.78, 5) is 23.8. The van der Waals surface area contributed by atoms with E-state index < -0.39 is 17.6 Å². The van der Waals surface area contributed by atoms with Crippen LogP contribution in [0.25, 0.3) is 0 Å². The Kier molecular flexibility index (Phi) is 4.83. The summed E-state index contributed by atoms with van der Waals surface area (Å²) in [5.41, 5.74) is -0.126. The van der Waals surface area contributed by atoms with Crippen LogP contribution in [0.5, 0.6) is 0 Å². The van der Waals surface area contributed by atoms with Crippen molar-refractivity contribution in [3.63, 3.8) is 0 Å². The van der Waals surface area contributed by atoms with Crippen LogP contribution in [0, 0.1) is 5.92 Å². The molecule has 0 saturated heterocycles. The smallest absolute Gasteiger partial charge is 0.408 e. The summed E-state index contributed by atoms with van der Waals surface area (Å²) in [5.74, 6) is 0.0367. The minimum absolute atomic E-state index is 0.174. The highest BCUT2D eigenvalue weighted by Crippen LogP contribution is 2.37. The van der Waals surface area contributed by atoms with E-state index in [9.17, 15) is 9.59 Å². The molecule has 1 aromatic carbocycles. The number of rotatable bonds is 6. The van der Waals surface area contributed by atoms with Gasteiger partial charge in [0.25, 0.3) is 0 Å². The zero-order valence-electron chi connectivity index (χ0n) is 12.4. The number of nitrogens with one attached hydrogen (secondary N) is 1. The normalized spacial score (nSPS) is 16.7. The van der Waals surface area contributed by atoms with E-state index in [4.69, 9.17) is 9.47 Å². The molecule has 0 aromatic heterocycles. The second-order valence-electron chi connectivity index (χ2n) is 5.66. The molecule has 1 atom stereocenters. The maximum absolute atomic E-state index is 11.9. The third-order valence-corrected chi connectivity index (χ3v) is 3.62. The number of carbonyl (C=O) groups is 2. The number of alkyl carbamates (subject to hydrolysis) is 1. The third-order valence-electron chi connectivity index (χ3n) is 3.62. The minimum atomic E-state index is -1.02. The van der Waals surface area contributed by atoms with Gasteiger partial charge in [-0.05, 0) is 24.8 Å². The van der Waals surface area contributed by atoms with Crippen molar-refractivity contribution in [3.8, 4) is 0 Å². The van der Waals surface area contributed by atoms with Crippen molar-refractivity contribution in [1.82, 2.24) is 5.32 Å². The molecule has 0 radical (unpaired) electrons. The Hall–Kier alpha value is -2.04. The highest BCUT2D eigenvalue weighted by molar-refractivity contribution is 5.85. The molecule has 0 unspecified atom stereocenters. The average Bonchev–Trinajstić information content (AvgIpc) is 3.29. The first-order chi connectivity index (χ1) is 10.0. The molecule has 1 saturated carbocycles. The molecular formula is C16H21NO4. The summed E-state index contributed by atoms with van der Waals surface area (Å²) in [6.07, 6.45) is 2.16. The monoisotopic (exact) mass is 291 g/mol. The third kappa shape index (κ3) is 4.48. The number of ether oxygens (including phenoxy) is 2. The van der Waals surface area contributed by atoms with E-state index in [1.807, 2.05) is 30.3 Å². The van der Waals surface area contributed by atoms with Gasteiger partial charge in [0.2, 0.25) is 0 Å². The van der Waals surface area contributed by atoms with Crippen LogP contribution in [0.1, 0.15) is 31.7 Å². The average molecular weight is 291 g/mol. The molecule has 1 aliphatic rings. The number of hydrogen-bond donors (Lipinski definition) is 1. The lowest BCUT2D eigenvalue weighted by Gasteiger charge is -2.27. The highest BCUT2D eigenvalue weighted by atomic mass is 16.6. The lowest BCUT2D eigenvalue weighted by molar-refractivity contribution is -0.148. The SMILES string of the molecule is COC(=O)[C@@](C)(CC1CC1)NC(=O)OCc1ccccc1. The van der Waals surface area contributed by atoms with Crippen molar-refractivity contribution in [2.45, 2.75) is 38.3 Å². The van der Waals surface area contributed by atoms with Crippen LogP contribution in [-0.4, -0.2) is 24.7 Å². The molecular weight excluding hydrogens is 270 g/mol. The number of amides is 1. The van der Waals surface area contributed by atoms with E-state index in [1.165, 1.54) is 7.11 Å². The number of methoxy groups -OCH3 is 1. The van der Waals surface area contributed by atoms with Crippen LogP contribution in [0.2, 0.25) is 0 Å². The number of hydrogen-bond acceptors (Lipinski definition) is 4. The van der Waals surface area contributed by atoms with Gasteiger partial charge in [0, 0.05) is 0 Å². The van der Waals surface area contributed by atoms with E-state index in [-0.39, 0.29) is 6.61 Å². The standard InChI is InChI=1S/C16H21NO4/c1-16(14(18)20-2,10-12-8-9-12)17-15(19)21-11-13-6-4-3-5-7-13/h3-7,12H,8-11H2,1-2H3,(H,17,19)/t16-/m1/s1. The molecule has 1 aliphatic carbocycles. The second-order valence-corrected chi connectivity index (χ2v) is 5.66. The summed E-state index contributed by atoms with van der Waals surface area (Å²) in [7, 11) is 1.32. The Balaban J connectivity index is 1.89. The Bertz CT molecular complexity index is 498. The highest BCUT2D eigenvalue weighted by Gasteiger charge is 2.41. The van der Waals surface area contributed by atoms with Crippen molar-refractivity contribution in [3.05, 3.63) is 35.9 Å². The Morgan fingerprint density at radius 2 is 1.95 bits per heavy atom. The maximum Gasteiger partial charge on any atom is 0.408 e. The molecule has 0 spiro atoms. The van der Waals surface area contributed by atoms with Gasteiger partial charge < -0.3 is 14.8 Å². The molecule has 2 rings (SSSR count). The van der Waals surface area contributed by atoms with E-state index in [0.29, 0.717) is 12.3 Å². The van der Waals surface area contributed by atoms with Crippen LogP contribution in [-0.2, 0) is 20.9 Å². The second kappa shape index (κ2) is 6.61. The van der Waals surface area contributed by atoms with Gasteiger partial charge >= 0.3 is 12.1 Å². The molecule has 1 aromatic rings. The quantitative estimate of drug-likeness (QED) is 0.818. The van der Waals surface area contributed by atoms with E-state index >= 15 is 0 Å².